The van der Waals surface area contributed by atoms with Crippen molar-refractivity contribution in [3.8, 4) is 0 Å². The molecular formula is C23H13Cl4N3O3. The zero-order chi connectivity index (χ0) is 23.7. The van der Waals surface area contributed by atoms with Crippen LogP contribution in [0.5, 0.6) is 0 Å². The lowest BCUT2D eigenvalue weighted by molar-refractivity contribution is -0.120. The molecule has 166 valence electrons. The Morgan fingerprint density at radius 1 is 0.788 bits per heavy atom. The van der Waals surface area contributed by atoms with Crippen LogP contribution in [0.2, 0.25) is 15.1 Å². The summed E-state index contributed by atoms with van der Waals surface area (Å²) in [6, 6.07) is 17.5. The lowest BCUT2D eigenvalue weighted by atomic mass is 10.1. The second-order valence-corrected chi connectivity index (χ2v) is 8.56. The van der Waals surface area contributed by atoms with Gasteiger partial charge in [0.05, 0.1) is 16.4 Å². The zero-order valence-electron chi connectivity index (χ0n) is 16.5. The van der Waals surface area contributed by atoms with Crippen molar-refractivity contribution in [2.45, 2.75) is 0 Å². The summed E-state index contributed by atoms with van der Waals surface area (Å²) in [4.78, 5) is 39.2. The Kier molecular flexibility index (Phi) is 6.63. The Morgan fingerprint density at radius 3 is 2.18 bits per heavy atom. The summed E-state index contributed by atoms with van der Waals surface area (Å²) in [7, 11) is 0. The van der Waals surface area contributed by atoms with Crippen LogP contribution in [0.15, 0.2) is 77.5 Å². The highest BCUT2D eigenvalue weighted by Gasteiger charge is 2.39. The Labute approximate surface area is 208 Å². The zero-order valence-corrected chi connectivity index (χ0v) is 19.6. The minimum atomic E-state index is -0.727. The molecule has 0 aliphatic carbocycles. The van der Waals surface area contributed by atoms with Crippen molar-refractivity contribution < 1.29 is 14.4 Å². The van der Waals surface area contributed by atoms with Gasteiger partial charge in [0.1, 0.15) is 10.7 Å². The smallest absolute Gasteiger partial charge is 0.283 e. The Hall–Kier alpha value is -3.03. The molecule has 0 spiro atoms. The number of halogens is 4. The lowest BCUT2D eigenvalue weighted by Crippen LogP contribution is -2.32. The van der Waals surface area contributed by atoms with E-state index in [0.29, 0.717) is 22.0 Å². The maximum absolute atomic E-state index is 13.0. The summed E-state index contributed by atoms with van der Waals surface area (Å²) in [5.74, 6) is -1.82. The van der Waals surface area contributed by atoms with Crippen LogP contribution in [-0.2, 0) is 9.59 Å². The quantitative estimate of drug-likeness (QED) is 0.385. The summed E-state index contributed by atoms with van der Waals surface area (Å²) in [5, 5.41) is 6.16. The molecule has 0 fully saturated rings. The Bertz CT molecular complexity index is 1320. The normalized spacial score (nSPS) is 13.5. The highest BCUT2D eigenvalue weighted by atomic mass is 35.5. The molecule has 0 saturated heterocycles. The number of rotatable bonds is 5. The number of benzene rings is 3. The monoisotopic (exact) mass is 519 g/mol. The highest BCUT2D eigenvalue weighted by Crippen LogP contribution is 2.33. The molecule has 6 nitrogen and oxygen atoms in total. The van der Waals surface area contributed by atoms with Crippen LogP contribution in [0.1, 0.15) is 10.4 Å². The van der Waals surface area contributed by atoms with Crippen molar-refractivity contribution in [3.05, 3.63) is 98.1 Å². The van der Waals surface area contributed by atoms with Gasteiger partial charge < -0.3 is 10.6 Å². The number of hydrogen-bond acceptors (Lipinski definition) is 4. The van der Waals surface area contributed by atoms with Gasteiger partial charge in [0, 0.05) is 21.3 Å². The number of carbonyl (C=O) groups is 3. The highest BCUT2D eigenvalue weighted by molar-refractivity contribution is 6.53. The predicted molar refractivity (Wildman–Crippen MR) is 131 cm³/mol. The molecule has 0 saturated carbocycles. The van der Waals surface area contributed by atoms with E-state index >= 15 is 0 Å². The number of nitrogens with zero attached hydrogens (tertiary/aromatic N) is 1. The van der Waals surface area contributed by atoms with E-state index in [-0.39, 0.29) is 26.5 Å². The number of para-hydroxylation sites is 1. The van der Waals surface area contributed by atoms with Gasteiger partial charge in [-0.2, -0.15) is 0 Å². The Balaban J connectivity index is 1.56. The van der Waals surface area contributed by atoms with Crippen LogP contribution >= 0.6 is 46.4 Å². The average molecular weight is 521 g/mol. The maximum atomic E-state index is 13.0. The van der Waals surface area contributed by atoms with Crippen LogP contribution < -0.4 is 15.5 Å². The second kappa shape index (κ2) is 9.45. The third-order valence-corrected chi connectivity index (χ3v) is 5.77. The fourth-order valence-corrected chi connectivity index (χ4v) is 4.06. The topological polar surface area (TPSA) is 78.5 Å². The van der Waals surface area contributed by atoms with Crippen LogP contribution in [0, 0.1) is 0 Å². The van der Waals surface area contributed by atoms with E-state index in [1.54, 1.807) is 42.5 Å². The largest absolute Gasteiger partial charge is 0.350 e. The lowest BCUT2D eigenvalue weighted by Gasteiger charge is -2.16. The van der Waals surface area contributed by atoms with Gasteiger partial charge in [-0.3, -0.25) is 14.4 Å². The van der Waals surface area contributed by atoms with E-state index in [2.05, 4.69) is 10.6 Å². The minimum absolute atomic E-state index is 0.138. The van der Waals surface area contributed by atoms with Crippen molar-refractivity contribution in [1.29, 1.82) is 0 Å². The van der Waals surface area contributed by atoms with E-state index < -0.39 is 17.7 Å². The first-order valence-corrected chi connectivity index (χ1v) is 10.9. The number of anilines is 3. The number of hydrogen-bond donors (Lipinski definition) is 2. The molecule has 3 aromatic rings. The van der Waals surface area contributed by atoms with E-state index in [1.165, 1.54) is 24.3 Å². The molecule has 0 atom stereocenters. The van der Waals surface area contributed by atoms with Crippen molar-refractivity contribution in [3.63, 3.8) is 0 Å². The van der Waals surface area contributed by atoms with Gasteiger partial charge >= 0.3 is 0 Å². The van der Waals surface area contributed by atoms with Gasteiger partial charge in [-0.15, -0.1) is 0 Å². The van der Waals surface area contributed by atoms with Gasteiger partial charge in [0.15, 0.2) is 0 Å². The SMILES string of the molecule is O=C(Nc1ccccc1Cl)c1cccc(NC2=C(Cl)C(=O)N(c3cc(Cl)cc(Cl)c3)C2=O)c1. The summed E-state index contributed by atoms with van der Waals surface area (Å²) < 4.78 is 0. The first-order valence-electron chi connectivity index (χ1n) is 9.42. The van der Waals surface area contributed by atoms with Gasteiger partial charge in [0.25, 0.3) is 17.7 Å². The van der Waals surface area contributed by atoms with Crippen LogP contribution in [0.25, 0.3) is 0 Å². The predicted octanol–water partition coefficient (Wildman–Crippen LogP) is 6.33. The van der Waals surface area contributed by atoms with E-state index in [4.69, 9.17) is 46.4 Å². The van der Waals surface area contributed by atoms with Gasteiger partial charge in [0.2, 0.25) is 0 Å². The molecule has 3 amide bonds. The summed E-state index contributed by atoms with van der Waals surface area (Å²) in [5.41, 5.74) is 1.18. The van der Waals surface area contributed by atoms with Crippen molar-refractivity contribution in [2.75, 3.05) is 15.5 Å². The van der Waals surface area contributed by atoms with E-state index in [9.17, 15) is 14.4 Å². The van der Waals surface area contributed by atoms with Gasteiger partial charge in [-0.25, -0.2) is 4.90 Å². The molecule has 10 heteroatoms. The first-order chi connectivity index (χ1) is 15.7. The van der Waals surface area contributed by atoms with E-state index in [0.717, 1.165) is 4.90 Å². The molecule has 1 aliphatic rings. The second-order valence-electron chi connectivity index (χ2n) is 6.90. The molecule has 3 aromatic carbocycles. The number of carbonyl (C=O) groups excluding carboxylic acids is 3. The van der Waals surface area contributed by atoms with Crippen LogP contribution in [0.4, 0.5) is 17.1 Å². The molecule has 4 rings (SSSR count). The molecule has 33 heavy (non-hydrogen) atoms. The van der Waals surface area contributed by atoms with Crippen molar-refractivity contribution >= 4 is 81.2 Å². The van der Waals surface area contributed by atoms with E-state index in [1.807, 2.05) is 0 Å². The summed E-state index contributed by atoms with van der Waals surface area (Å²) in [6.07, 6.45) is 0. The minimum Gasteiger partial charge on any atom is -0.350 e. The van der Waals surface area contributed by atoms with Crippen LogP contribution in [0.3, 0.4) is 0 Å². The molecule has 0 aromatic heterocycles. The van der Waals surface area contributed by atoms with Crippen LogP contribution in [-0.4, -0.2) is 17.7 Å². The molecule has 2 N–H and O–H groups in total. The molecule has 1 aliphatic heterocycles. The fourth-order valence-electron chi connectivity index (χ4n) is 3.15. The molecular weight excluding hydrogens is 508 g/mol. The van der Waals surface area contributed by atoms with Crippen molar-refractivity contribution in [1.82, 2.24) is 0 Å². The van der Waals surface area contributed by atoms with Gasteiger partial charge in [-0.05, 0) is 48.5 Å². The summed E-state index contributed by atoms with van der Waals surface area (Å²) in [6.45, 7) is 0. The van der Waals surface area contributed by atoms with Crippen molar-refractivity contribution in [2.24, 2.45) is 0 Å². The Morgan fingerprint density at radius 2 is 1.48 bits per heavy atom. The average Bonchev–Trinajstić information content (AvgIpc) is 2.98. The number of nitrogens with one attached hydrogen (secondary N) is 2. The maximum Gasteiger partial charge on any atom is 0.283 e. The fraction of sp³-hybridized carbons (Fsp3) is 0. The third-order valence-electron chi connectivity index (χ3n) is 4.65. The summed E-state index contributed by atoms with van der Waals surface area (Å²) >= 11 is 24.3. The molecule has 0 unspecified atom stereocenters. The van der Waals surface area contributed by atoms with Gasteiger partial charge in [-0.1, -0.05) is 64.6 Å². The third kappa shape index (κ3) is 4.84. The molecule has 0 bridgehead atoms. The molecule has 1 heterocycles. The number of amides is 3. The standard InChI is InChI=1S/C23H13Cl4N3O3/c24-13-9-14(25)11-16(10-13)30-22(32)19(27)20(23(30)33)28-15-5-3-4-12(8-15)21(31)29-18-7-2-1-6-17(18)26/h1-11,28H,(H,29,31). The number of imide groups is 1. The first kappa shape index (κ1) is 23.1. The molecule has 0 radical (unpaired) electrons.